The van der Waals surface area contributed by atoms with Crippen LogP contribution in [-0.2, 0) is 9.59 Å². The van der Waals surface area contributed by atoms with E-state index in [0.717, 1.165) is 0 Å². The van der Waals surface area contributed by atoms with E-state index in [9.17, 15) is 9.59 Å². The second-order valence-electron chi connectivity index (χ2n) is 3.31. The zero-order chi connectivity index (χ0) is 7.90. The third kappa shape index (κ3) is 0.724. The van der Waals surface area contributed by atoms with Gasteiger partial charge in [0.2, 0.25) is 0 Å². The van der Waals surface area contributed by atoms with Crippen LogP contribution in [0.4, 0.5) is 0 Å². The molecule has 0 heterocycles. The number of ketones is 2. The molecule has 2 aliphatic rings. The maximum atomic E-state index is 11.3. The first kappa shape index (κ1) is 6.77. The smallest absolute Gasteiger partial charge is 0.147 e. The summed E-state index contributed by atoms with van der Waals surface area (Å²) in [6.45, 7) is 0. The van der Waals surface area contributed by atoms with Crippen LogP contribution in [-0.4, -0.2) is 11.6 Å². The van der Waals surface area contributed by atoms with Crippen molar-refractivity contribution in [3.8, 4) is 0 Å². The molecule has 2 nitrogen and oxygen atoms in total. The first-order valence-electron chi connectivity index (χ1n) is 3.97. The van der Waals surface area contributed by atoms with E-state index in [1.165, 1.54) is 0 Å². The highest BCUT2D eigenvalue weighted by Gasteiger charge is 2.48. The minimum absolute atomic E-state index is 0.160. The Balaban J connectivity index is 2.35. The number of hydrogen-bond donors (Lipinski definition) is 0. The lowest BCUT2D eigenvalue weighted by atomic mass is 9.82. The number of carbonyl (C=O) groups is 2. The molecule has 1 spiro atoms. The molecule has 0 saturated heterocycles. The molecule has 2 heteroatoms. The van der Waals surface area contributed by atoms with Gasteiger partial charge >= 0.3 is 0 Å². The molecule has 0 aromatic carbocycles. The van der Waals surface area contributed by atoms with Gasteiger partial charge in [0, 0.05) is 12.8 Å². The Labute approximate surface area is 65.3 Å². The van der Waals surface area contributed by atoms with Crippen LogP contribution in [0.3, 0.4) is 0 Å². The van der Waals surface area contributed by atoms with Gasteiger partial charge in [0.05, 0.1) is 5.41 Å². The van der Waals surface area contributed by atoms with Crippen molar-refractivity contribution in [3.05, 3.63) is 12.2 Å². The average molecular weight is 150 g/mol. The van der Waals surface area contributed by atoms with E-state index in [2.05, 4.69) is 0 Å². The lowest BCUT2D eigenvalue weighted by Gasteiger charge is -2.17. The lowest BCUT2D eigenvalue weighted by molar-refractivity contribution is -0.134. The summed E-state index contributed by atoms with van der Waals surface area (Å²) in [6, 6.07) is 0. The molecular formula is C9H10O2. The van der Waals surface area contributed by atoms with Crippen molar-refractivity contribution in [1.82, 2.24) is 0 Å². The molecule has 0 unspecified atom stereocenters. The van der Waals surface area contributed by atoms with Crippen molar-refractivity contribution in [3.63, 3.8) is 0 Å². The molecule has 2 aliphatic carbocycles. The fourth-order valence-corrected chi connectivity index (χ4v) is 1.97. The van der Waals surface area contributed by atoms with Gasteiger partial charge in [-0.25, -0.2) is 0 Å². The Morgan fingerprint density at radius 2 is 1.45 bits per heavy atom. The largest absolute Gasteiger partial charge is 0.299 e. The van der Waals surface area contributed by atoms with Gasteiger partial charge in [-0.2, -0.15) is 0 Å². The molecule has 0 bridgehead atoms. The van der Waals surface area contributed by atoms with Crippen molar-refractivity contribution < 1.29 is 9.59 Å². The summed E-state index contributed by atoms with van der Waals surface area (Å²) in [5.41, 5.74) is -0.583. The maximum Gasteiger partial charge on any atom is 0.147 e. The zero-order valence-corrected chi connectivity index (χ0v) is 6.30. The fraction of sp³-hybridized carbons (Fsp3) is 0.556. The van der Waals surface area contributed by atoms with Crippen LogP contribution in [0.5, 0.6) is 0 Å². The minimum Gasteiger partial charge on any atom is -0.299 e. The summed E-state index contributed by atoms with van der Waals surface area (Å²) in [7, 11) is 0. The normalized spacial score (nSPS) is 27.3. The van der Waals surface area contributed by atoms with Crippen LogP contribution in [0.15, 0.2) is 12.2 Å². The summed E-state index contributed by atoms with van der Waals surface area (Å²) in [5, 5.41) is 0. The molecule has 0 aromatic rings. The highest BCUT2D eigenvalue weighted by atomic mass is 16.2. The molecule has 1 fully saturated rings. The number of allylic oxidation sites excluding steroid dienone is 2. The van der Waals surface area contributed by atoms with E-state index in [4.69, 9.17) is 0 Å². The van der Waals surface area contributed by atoms with Gasteiger partial charge in [-0.1, -0.05) is 12.2 Å². The van der Waals surface area contributed by atoms with Crippen molar-refractivity contribution in [2.75, 3.05) is 0 Å². The SMILES string of the molecule is O=C1CCC(=O)C12CC=CC2. The predicted molar refractivity (Wildman–Crippen MR) is 40.1 cm³/mol. The molecule has 0 radical (unpaired) electrons. The molecule has 11 heavy (non-hydrogen) atoms. The summed E-state index contributed by atoms with van der Waals surface area (Å²) in [5.74, 6) is 0.319. The van der Waals surface area contributed by atoms with E-state index in [1.54, 1.807) is 0 Å². The molecular weight excluding hydrogens is 140 g/mol. The molecule has 0 amide bonds. The number of Topliss-reactive ketones (excluding diaryl/α,β-unsaturated/α-hetero) is 2. The Morgan fingerprint density at radius 3 is 1.91 bits per heavy atom. The average Bonchev–Trinajstić information content (AvgIpc) is 2.56. The van der Waals surface area contributed by atoms with Crippen LogP contribution < -0.4 is 0 Å². The highest BCUT2D eigenvalue weighted by Crippen LogP contribution is 2.42. The van der Waals surface area contributed by atoms with Crippen molar-refractivity contribution >= 4 is 11.6 Å². The highest BCUT2D eigenvalue weighted by molar-refractivity contribution is 6.13. The number of hydrogen-bond acceptors (Lipinski definition) is 2. The zero-order valence-electron chi connectivity index (χ0n) is 6.30. The Bertz CT molecular complexity index is 224. The summed E-state index contributed by atoms with van der Waals surface area (Å²) < 4.78 is 0. The van der Waals surface area contributed by atoms with E-state index in [-0.39, 0.29) is 11.6 Å². The number of rotatable bonds is 0. The van der Waals surface area contributed by atoms with Crippen molar-refractivity contribution in [1.29, 1.82) is 0 Å². The van der Waals surface area contributed by atoms with E-state index < -0.39 is 5.41 Å². The van der Waals surface area contributed by atoms with Gasteiger partial charge < -0.3 is 0 Å². The van der Waals surface area contributed by atoms with Gasteiger partial charge in [-0.15, -0.1) is 0 Å². The topological polar surface area (TPSA) is 34.1 Å². The van der Waals surface area contributed by atoms with Crippen LogP contribution in [0, 0.1) is 5.41 Å². The molecule has 1 saturated carbocycles. The quantitative estimate of drug-likeness (QED) is 0.384. The van der Waals surface area contributed by atoms with Crippen LogP contribution in [0.2, 0.25) is 0 Å². The van der Waals surface area contributed by atoms with Gasteiger partial charge in [0.15, 0.2) is 0 Å². The predicted octanol–water partition coefficient (Wildman–Crippen LogP) is 1.25. The van der Waals surface area contributed by atoms with E-state index >= 15 is 0 Å². The van der Waals surface area contributed by atoms with Gasteiger partial charge in [-0.05, 0) is 12.8 Å². The third-order valence-electron chi connectivity index (χ3n) is 2.75. The molecule has 0 N–H and O–H groups in total. The standard InChI is InChI=1S/C9H10O2/c10-7-3-4-8(11)9(7)5-1-2-6-9/h1-2H,3-6H2. The second-order valence-corrected chi connectivity index (χ2v) is 3.31. The van der Waals surface area contributed by atoms with E-state index in [1.807, 2.05) is 12.2 Å². The van der Waals surface area contributed by atoms with Crippen LogP contribution >= 0.6 is 0 Å². The van der Waals surface area contributed by atoms with Crippen molar-refractivity contribution in [2.24, 2.45) is 5.41 Å². The Morgan fingerprint density at radius 1 is 1.00 bits per heavy atom. The summed E-state index contributed by atoms with van der Waals surface area (Å²) in [4.78, 5) is 22.7. The molecule has 0 aromatic heterocycles. The molecule has 58 valence electrons. The van der Waals surface area contributed by atoms with Gasteiger partial charge in [0.1, 0.15) is 11.6 Å². The second kappa shape index (κ2) is 2.03. The molecule has 2 rings (SSSR count). The first-order chi connectivity index (χ1) is 5.26. The third-order valence-corrected chi connectivity index (χ3v) is 2.75. The first-order valence-corrected chi connectivity index (χ1v) is 3.97. The summed E-state index contributed by atoms with van der Waals surface area (Å²) >= 11 is 0. The Hall–Kier alpha value is -0.920. The number of carbonyl (C=O) groups excluding carboxylic acids is 2. The molecule has 0 atom stereocenters. The van der Waals surface area contributed by atoms with Crippen LogP contribution in [0.1, 0.15) is 25.7 Å². The Kier molecular flexibility index (Phi) is 1.25. The maximum absolute atomic E-state index is 11.3. The minimum atomic E-state index is -0.583. The van der Waals surface area contributed by atoms with Gasteiger partial charge in [-0.3, -0.25) is 9.59 Å². The monoisotopic (exact) mass is 150 g/mol. The van der Waals surface area contributed by atoms with Crippen LogP contribution in [0.25, 0.3) is 0 Å². The van der Waals surface area contributed by atoms with Gasteiger partial charge in [0.25, 0.3) is 0 Å². The van der Waals surface area contributed by atoms with Crippen molar-refractivity contribution in [2.45, 2.75) is 25.7 Å². The van der Waals surface area contributed by atoms with E-state index in [0.29, 0.717) is 25.7 Å². The summed E-state index contributed by atoms with van der Waals surface area (Å²) in [6.07, 6.45) is 6.15. The lowest BCUT2D eigenvalue weighted by Crippen LogP contribution is -2.29. The molecule has 0 aliphatic heterocycles. The fourth-order valence-electron chi connectivity index (χ4n) is 1.97.